The van der Waals surface area contributed by atoms with E-state index in [0.717, 1.165) is 25.9 Å². The monoisotopic (exact) mass is 289 g/mol. The van der Waals surface area contributed by atoms with Crippen molar-refractivity contribution in [3.05, 3.63) is 0 Å². The average molecular weight is 289 g/mol. The summed E-state index contributed by atoms with van der Waals surface area (Å²) in [5.41, 5.74) is 0. The van der Waals surface area contributed by atoms with Crippen LogP contribution < -0.4 is 0 Å². The Hall–Kier alpha value is -1.14. The van der Waals surface area contributed by atoms with Gasteiger partial charge in [-0.05, 0) is 12.8 Å². The molecule has 0 amide bonds. The van der Waals surface area contributed by atoms with E-state index in [-0.39, 0.29) is 6.42 Å². The number of carboxylic acid groups (broad SMARTS) is 2. The molecular formula is C14H27NO5. The molecule has 1 unspecified atom stereocenters. The van der Waals surface area contributed by atoms with Gasteiger partial charge in [-0.15, -0.1) is 0 Å². The van der Waals surface area contributed by atoms with E-state index in [1.165, 1.54) is 0 Å². The maximum atomic E-state index is 10.9. The van der Waals surface area contributed by atoms with Gasteiger partial charge < -0.3 is 19.8 Å². The second kappa shape index (κ2) is 11.7. The molecule has 0 aliphatic heterocycles. The number of carbonyl (C=O) groups is 2. The zero-order valence-electron chi connectivity index (χ0n) is 12.5. The van der Waals surface area contributed by atoms with Crippen molar-refractivity contribution in [2.24, 2.45) is 5.92 Å². The summed E-state index contributed by atoms with van der Waals surface area (Å²) in [7, 11) is 0. The number of aliphatic carboxylic acids is 2. The Kier molecular flexibility index (Phi) is 11.0. The van der Waals surface area contributed by atoms with Gasteiger partial charge in [0.2, 0.25) is 0 Å². The number of nitrogens with zero attached hydrogens (tertiary/aromatic N) is 1. The first kappa shape index (κ1) is 18.9. The standard InChI is InChI=1S/C14H27NO5/c1-3-4-9-20-10-5-7-15(8-6-13(16)17)11-12(2)14(18)19/h12H,3-11H2,1-2H3,(H,16,17)(H,18,19). The van der Waals surface area contributed by atoms with Crippen molar-refractivity contribution in [3.8, 4) is 0 Å². The first-order valence-corrected chi connectivity index (χ1v) is 7.22. The lowest BCUT2D eigenvalue weighted by molar-refractivity contribution is -0.141. The van der Waals surface area contributed by atoms with E-state index >= 15 is 0 Å². The van der Waals surface area contributed by atoms with Crippen LogP contribution in [0.25, 0.3) is 0 Å². The third kappa shape index (κ3) is 10.8. The second-order valence-electron chi connectivity index (χ2n) is 5.00. The molecule has 2 N–H and O–H groups in total. The lowest BCUT2D eigenvalue weighted by atomic mass is 10.1. The molecule has 0 saturated heterocycles. The van der Waals surface area contributed by atoms with Gasteiger partial charge >= 0.3 is 11.9 Å². The molecule has 1 atom stereocenters. The highest BCUT2D eigenvalue weighted by molar-refractivity contribution is 5.69. The highest BCUT2D eigenvalue weighted by Crippen LogP contribution is 2.03. The van der Waals surface area contributed by atoms with Crippen LogP contribution in [0.2, 0.25) is 0 Å². The van der Waals surface area contributed by atoms with Gasteiger partial charge in [-0.3, -0.25) is 9.59 Å². The van der Waals surface area contributed by atoms with Crippen molar-refractivity contribution < 1.29 is 24.5 Å². The lowest BCUT2D eigenvalue weighted by Crippen LogP contribution is -2.34. The number of ether oxygens (including phenoxy) is 1. The summed E-state index contributed by atoms with van der Waals surface area (Å²) in [5.74, 6) is -2.22. The molecule has 0 spiro atoms. The largest absolute Gasteiger partial charge is 0.481 e. The Balaban J connectivity index is 3.97. The van der Waals surface area contributed by atoms with E-state index in [4.69, 9.17) is 14.9 Å². The lowest BCUT2D eigenvalue weighted by Gasteiger charge is -2.23. The van der Waals surface area contributed by atoms with Gasteiger partial charge in [0.05, 0.1) is 12.3 Å². The van der Waals surface area contributed by atoms with Crippen molar-refractivity contribution >= 4 is 11.9 Å². The van der Waals surface area contributed by atoms with E-state index in [2.05, 4.69) is 6.92 Å². The van der Waals surface area contributed by atoms with E-state index in [9.17, 15) is 9.59 Å². The molecule has 0 rings (SSSR count). The quantitative estimate of drug-likeness (QED) is 0.502. The zero-order valence-corrected chi connectivity index (χ0v) is 12.5. The summed E-state index contributed by atoms with van der Waals surface area (Å²) >= 11 is 0. The molecule has 0 aromatic carbocycles. The summed E-state index contributed by atoms with van der Waals surface area (Å²) in [6.45, 7) is 6.52. The van der Waals surface area contributed by atoms with Crippen LogP contribution in [-0.4, -0.2) is 59.9 Å². The molecule has 0 fully saturated rings. The molecule has 0 aliphatic carbocycles. The van der Waals surface area contributed by atoms with Gasteiger partial charge in [0, 0.05) is 32.8 Å². The van der Waals surface area contributed by atoms with E-state index < -0.39 is 17.9 Å². The van der Waals surface area contributed by atoms with Gasteiger partial charge in [0.1, 0.15) is 0 Å². The molecule has 20 heavy (non-hydrogen) atoms. The predicted octanol–water partition coefficient (Wildman–Crippen LogP) is 1.69. The van der Waals surface area contributed by atoms with Crippen LogP contribution in [0, 0.1) is 5.92 Å². The predicted molar refractivity (Wildman–Crippen MR) is 75.8 cm³/mol. The maximum absolute atomic E-state index is 10.9. The molecule has 118 valence electrons. The first-order chi connectivity index (χ1) is 9.47. The third-order valence-electron chi connectivity index (χ3n) is 3.00. The minimum absolute atomic E-state index is 0.0308. The van der Waals surface area contributed by atoms with E-state index in [1.54, 1.807) is 6.92 Å². The van der Waals surface area contributed by atoms with E-state index in [0.29, 0.717) is 26.2 Å². The van der Waals surface area contributed by atoms with Crippen molar-refractivity contribution in [2.45, 2.75) is 39.5 Å². The van der Waals surface area contributed by atoms with Crippen molar-refractivity contribution in [1.29, 1.82) is 0 Å². The van der Waals surface area contributed by atoms with Crippen molar-refractivity contribution in [1.82, 2.24) is 4.90 Å². The molecule has 0 bridgehead atoms. The molecule has 0 heterocycles. The second-order valence-corrected chi connectivity index (χ2v) is 5.00. The highest BCUT2D eigenvalue weighted by atomic mass is 16.5. The van der Waals surface area contributed by atoms with Crippen LogP contribution in [0.3, 0.4) is 0 Å². The average Bonchev–Trinajstić information content (AvgIpc) is 2.39. The fourth-order valence-corrected chi connectivity index (χ4v) is 1.75. The fourth-order valence-electron chi connectivity index (χ4n) is 1.75. The topological polar surface area (TPSA) is 87.1 Å². The van der Waals surface area contributed by atoms with Gasteiger partial charge in [-0.2, -0.15) is 0 Å². The van der Waals surface area contributed by atoms with Gasteiger partial charge in [0.25, 0.3) is 0 Å². The SMILES string of the molecule is CCCCOCCCN(CCC(=O)O)CC(C)C(=O)O. The van der Waals surface area contributed by atoms with Crippen molar-refractivity contribution in [2.75, 3.05) is 32.8 Å². The van der Waals surface area contributed by atoms with Crippen LogP contribution in [0.4, 0.5) is 0 Å². The van der Waals surface area contributed by atoms with Gasteiger partial charge in [0.15, 0.2) is 0 Å². The molecule has 0 saturated carbocycles. The molecule has 6 nitrogen and oxygen atoms in total. The number of hydrogen-bond donors (Lipinski definition) is 2. The Morgan fingerprint density at radius 1 is 1.15 bits per heavy atom. The summed E-state index contributed by atoms with van der Waals surface area (Å²) in [6, 6.07) is 0. The molecule has 6 heteroatoms. The van der Waals surface area contributed by atoms with E-state index in [1.807, 2.05) is 4.90 Å². The Labute approximate surface area is 120 Å². The first-order valence-electron chi connectivity index (χ1n) is 7.22. The fraction of sp³-hybridized carbons (Fsp3) is 0.857. The van der Waals surface area contributed by atoms with Crippen LogP contribution in [0.15, 0.2) is 0 Å². The number of hydrogen-bond acceptors (Lipinski definition) is 4. The molecule has 0 aromatic heterocycles. The number of rotatable bonds is 13. The smallest absolute Gasteiger partial charge is 0.307 e. The van der Waals surface area contributed by atoms with Gasteiger partial charge in [-0.1, -0.05) is 20.3 Å². The summed E-state index contributed by atoms with van der Waals surface area (Å²) in [4.78, 5) is 23.3. The Morgan fingerprint density at radius 2 is 1.80 bits per heavy atom. The highest BCUT2D eigenvalue weighted by Gasteiger charge is 2.16. The van der Waals surface area contributed by atoms with Gasteiger partial charge in [-0.25, -0.2) is 0 Å². The van der Waals surface area contributed by atoms with Crippen LogP contribution >= 0.6 is 0 Å². The number of unbranched alkanes of at least 4 members (excludes halogenated alkanes) is 1. The Morgan fingerprint density at radius 3 is 2.35 bits per heavy atom. The normalized spacial score (nSPS) is 12.6. The Bertz CT molecular complexity index is 283. The molecule has 0 radical (unpaired) electrons. The summed E-state index contributed by atoms with van der Waals surface area (Å²) in [5, 5.41) is 17.6. The van der Waals surface area contributed by atoms with Crippen molar-refractivity contribution in [3.63, 3.8) is 0 Å². The minimum Gasteiger partial charge on any atom is -0.481 e. The van der Waals surface area contributed by atoms with Crippen LogP contribution in [0.1, 0.15) is 39.5 Å². The zero-order chi connectivity index (χ0) is 15.4. The molecule has 0 aromatic rings. The minimum atomic E-state index is -0.864. The number of carboxylic acids is 2. The van der Waals surface area contributed by atoms with Crippen LogP contribution in [-0.2, 0) is 14.3 Å². The molecule has 0 aliphatic rings. The third-order valence-corrected chi connectivity index (χ3v) is 3.00. The van der Waals surface area contributed by atoms with Crippen LogP contribution in [0.5, 0.6) is 0 Å². The molecular weight excluding hydrogens is 262 g/mol. The maximum Gasteiger partial charge on any atom is 0.307 e. The summed E-state index contributed by atoms with van der Waals surface area (Å²) < 4.78 is 5.44. The summed E-state index contributed by atoms with van der Waals surface area (Å²) in [6.07, 6.45) is 2.96.